The number of nitrogens with two attached hydrogens (primary N) is 1. The molecule has 3 N–H and O–H groups in total. The molecule has 4 heteroatoms. The number of para-hydroxylation sites is 1. The lowest BCUT2D eigenvalue weighted by atomic mass is 9.98. The van der Waals surface area contributed by atoms with Crippen LogP contribution in [0.5, 0.6) is 0 Å². The summed E-state index contributed by atoms with van der Waals surface area (Å²) in [5.74, 6) is 0.116. The van der Waals surface area contributed by atoms with Gasteiger partial charge in [-0.25, -0.2) is 0 Å². The zero-order valence-corrected chi connectivity index (χ0v) is 13.2. The van der Waals surface area contributed by atoms with Gasteiger partial charge in [0.25, 0.3) is 5.91 Å². The summed E-state index contributed by atoms with van der Waals surface area (Å²) in [6, 6.07) is 10.9. The van der Waals surface area contributed by atoms with Crippen molar-refractivity contribution in [1.82, 2.24) is 0 Å². The lowest BCUT2D eigenvalue weighted by Crippen LogP contribution is -2.15. The van der Waals surface area contributed by atoms with Gasteiger partial charge in [-0.1, -0.05) is 43.6 Å². The molecular weight excluding hydrogens is 284 g/mol. The molecule has 0 heterocycles. The van der Waals surface area contributed by atoms with Crippen molar-refractivity contribution in [3.05, 3.63) is 58.1 Å². The van der Waals surface area contributed by atoms with Gasteiger partial charge < -0.3 is 11.1 Å². The first kappa shape index (κ1) is 15.4. The molecule has 0 aliphatic heterocycles. The molecule has 2 aromatic carbocycles. The molecule has 0 radical (unpaired) electrons. The minimum Gasteiger partial charge on any atom is -0.399 e. The van der Waals surface area contributed by atoms with E-state index in [2.05, 4.69) is 19.2 Å². The number of carbonyl (C=O) groups is 1. The van der Waals surface area contributed by atoms with Crippen molar-refractivity contribution in [3.8, 4) is 0 Å². The predicted octanol–water partition coefficient (Wildman–Crippen LogP) is 4.61. The monoisotopic (exact) mass is 302 g/mol. The molecule has 0 atom stereocenters. The quantitative estimate of drug-likeness (QED) is 0.814. The van der Waals surface area contributed by atoms with Gasteiger partial charge in [-0.15, -0.1) is 0 Å². The van der Waals surface area contributed by atoms with Crippen molar-refractivity contribution in [2.45, 2.75) is 26.7 Å². The van der Waals surface area contributed by atoms with E-state index in [1.807, 2.05) is 25.1 Å². The fourth-order valence-electron chi connectivity index (χ4n) is 2.27. The molecule has 0 bridgehead atoms. The maximum Gasteiger partial charge on any atom is 0.255 e. The molecule has 0 unspecified atom stereocenters. The van der Waals surface area contributed by atoms with E-state index in [-0.39, 0.29) is 5.91 Å². The first-order valence-corrected chi connectivity index (χ1v) is 7.23. The predicted molar refractivity (Wildman–Crippen MR) is 89.1 cm³/mol. The third-order valence-electron chi connectivity index (χ3n) is 3.35. The fraction of sp³-hybridized carbons (Fsp3) is 0.235. The van der Waals surface area contributed by atoms with Crippen LogP contribution in [-0.2, 0) is 0 Å². The summed E-state index contributed by atoms with van der Waals surface area (Å²) in [5, 5.41) is 3.43. The molecule has 3 nitrogen and oxygen atoms in total. The Morgan fingerprint density at radius 1 is 1.24 bits per heavy atom. The molecule has 2 rings (SSSR count). The van der Waals surface area contributed by atoms with Crippen LogP contribution >= 0.6 is 11.6 Å². The van der Waals surface area contributed by atoms with Crippen molar-refractivity contribution < 1.29 is 4.79 Å². The van der Waals surface area contributed by atoms with E-state index in [1.54, 1.807) is 18.2 Å². The zero-order chi connectivity index (χ0) is 15.6. The molecular formula is C17H19ClN2O. The molecule has 0 aromatic heterocycles. The van der Waals surface area contributed by atoms with Crippen LogP contribution in [0, 0.1) is 6.92 Å². The first-order valence-electron chi connectivity index (χ1n) is 6.85. The average Bonchev–Trinajstić information content (AvgIpc) is 2.39. The molecule has 1 amide bonds. The highest BCUT2D eigenvalue weighted by Crippen LogP contribution is 2.28. The van der Waals surface area contributed by atoms with Crippen molar-refractivity contribution in [1.29, 1.82) is 0 Å². The number of anilines is 2. The minimum absolute atomic E-state index is 0.208. The van der Waals surface area contributed by atoms with Gasteiger partial charge in [0.2, 0.25) is 0 Å². The van der Waals surface area contributed by atoms with Crippen molar-refractivity contribution in [3.63, 3.8) is 0 Å². The number of amides is 1. The van der Waals surface area contributed by atoms with E-state index in [4.69, 9.17) is 17.3 Å². The Morgan fingerprint density at radius 3 is 2.57 bits per heavy atom. The molecule has 21 heavy (non-hydrogen) atoms. The van der Waals surface area contributed by atoms with E-state index in [1.165, 1.54) is 0 Å². The van der Waals surface area contributed by atoms with Crippen LogP contribution in [0.3, 0.4) is 0 Å². The standard InChI is InChI=1S/C17H19ClN2O/c1-10(2)15-6-4-5-11(3)16(15)20-17(21)12-7-13(18)9-14(19)8-12/h4-10H,19H2,1-3H3,(H,20,21). The van der Waals surface area contributed by atoms with Gasteiger partial charge >= 0.3 is 0 Å². The topological polar surface area (TPSA) is 55.1 Å². The Labute approximate surface area is 130 Å². The molecule has 0 aliphatic carbocycles. The van der Waals surface area contributed by atoms with Crippen molar-refractivity contribution >= 4 is 28.9 Å². The average molecular weight is 303 g/mol. The van der Waals surface area contributed by atoms with E-state index in [9.17, 15) is 4.79 Å². The number of benzene rings is 2. The molecule has 2 aromatic rings. The van der Waals surface area contributed by atoms with Crippen LogP contribution in [-0.4, -0.2) is 5.91 Å². The lowest BCUT2D eigenvalue weighted by molar-refractivity contribution is 0.102. The van der Waals surface area contributed by atoms with Crippen LogP contribution in [0.15, 0.2) is 36.4 Å². The molecule has 110 valence electrons. The highest BCUT2D eigenvalue weighted by Gasteiger charge is 2.14. The second kappa shape index (κ2) is 6.19. The van der Waals surface area contributed by atoms with Crippen molar-refractivity contribution in [2.75, 3.05) is 11.1 Å². The first-order chi connectivity index (χ1) is 9.88. The Balaban J connectivity index is 2.36. The number of rotatable bonds is 3. The molecule has 0 fully saturated rings. The van der Waals surface area contributed by atoms with Crippen LogP contribution < -0.4 is 11.1 Å². The van der Waals surface area contributed by atoms with Gasteiger partial charge in [-0.3, -0.25) is 4.79 Å². The third kappa shape index (κ3) is 3.56. The number of aryl methyl sites for hydroxylation is 1. The lowest BCUT2D eigenvalue weighted by Gasteiger charge is -2.16. The maximum atomic E-state index is 12.4. The Hall–Kier alpha value is -2.00. The van der Waals surface area contributed by atoms with E-state index < -0.39 is 0 Å². The highest BCUT2D eigenvalue weighted by molar-refractivity contribution is 6.31. The molecule has 0 aliphatic rings. The Kier molecular flexibility index (Phi) is 4.53. The summed E-state index contributed by atoms with van der Waals surface area (Å²) in [6.45, 7) is 6.18. The van der Waals surface area contributed by atoms with Crippen LogP contribution in [0.25, 0.3) is 0 Å². The summed E-state index contributed by atoms with van der Waals surface area (Å²) < 4.78 is 0. The molecule has 0 saturated heterocycles. The SMILES string of the molecule is Cc1cccc(C(C)C)c1NC(=O)c1cc(N)cc(Cl)c1. The van der Waals surface area contributed by atoms with Gasteiger partial charge in [0, 0.05) is 22.0 Å². The number of halogens is 1. The van der Waals surface area contributed by atoms with Gasteiger partial charge in [0.1, 0.15) is 0 Å². The van der Waals surface area contributed by atoms with E-state index in [0.29, 0.717) is 22.2 Å². The number of hydrogen-bond acceptors (Lipinski definition) is 2. The third-order valence-corrected chi connectivity index (χ3v) is 3.57. The summed E-state index contributed by atoms with van der Waals surface area (Å²) in [7, 11) is 0. The van der Waals surface area contributed by atoms with Crippen molar-refractivity contribution in [2.24, 2.45) is 0 Å². The van der Waals surface area contributed by atoms with Crippen LogP contribution in [0.4, 0.5) is 11.4 Å². The largest absolute Gasteiger partial charge is 0.399 e. The smallest absolute Gasteiger partial charge is 0.255 e. The summed E-state index contributed by atoms with van der Waals surface area (Å²) in [5.41, 5.74) is 9.66. The molecule has 0 saturated carbocycles. The Bertz CT molecular complexity index is 660. The second-order valence-corrected chi connectivity index (χ2v) is 5.86. The van der Waals surface area contributed by atoms with E-state index >= 15 is 0 Å². The number of nitrogen functional groups attached to an aromatic ring is 1. The normalized spacial score (nSPS) is 10.7. The summed E-state index contributed by atoms with van der Waals surface area (Å²) in [4.78, 5) is 12.4. The van der Waals surface area contributed by atoms with Gasteiger partial charge in [-0.05, 0) is 42.2 Å². The second-order valence-electron chi connectivity index (χ2n) is 5.42. The highest BCUT2D eigenvalue weighted by atomic mass is 35.5. The van der Waals surface area contributed by atoms with Gasteiger partial charge in [-0.2, -0.15) is 0 Å². The van der Waals surface area contributed by atoms with Crippen LogP contribution in [0.2, 0.25) is 5.02 Å². The fourth-order valence-corrected chi connectivity index (χ4v) is 2.51. The van der Waals surface area contributed by atoms with Gasteiger partial charge in [0.05, 0.1) is 0 Å². The number of nitrogens with one attached hydrogen (secondary N) is 1. The Morgan fingerprint density at radius 2 is 1.95 bits per heavy atom. The van der Waals surface area contributed by atoms with E-state index in [0.717, 1.165) is 16.8 Å². The van der Waals surface area contributed by atoms with Gasteiger partial charge in [0.15, 0.2) is 0 Å². The summed E-state index contributed by atoms with van der Waals surface area (Å²) in [6.07, 6.45) is 0. The number of hydrogen-bond donors (Lipinski definition) is 2. The van der Waals surface area contributed by atoms with Crippen LogP contribution in [0.1, 0.15) is 41.3 Å². The zero-order valence-electron chi connectivity index (χ0n) is 12.4. The number of carbonyl (C=O) groups excluding carboxylic acids is 1. The molecule has 0 spiro atoms. The minimum atomic E-state index is -0.208. The maximum absolute atomic E-state index is 12.4. The summed E-state index contributed by atoms with van der Waals surface area (Å²) >= 11 is 5.95.